The lowest BCUT2D eigenvalue weighted by atomic mass is 9.86. The fourth-order valence-electron chi connectivity index (χ4n) is 6.08. The second-order valence-corrected chi connectivity index (χ2v) is 11.8. The van der Waals surface area contributed by atoms with Gasteiger partial charge >= 0.3 is 35.8 Å². The van der Waals surface area contributed by atoms with Crippen molar-refractivity contribution < 1.29 is 71.4 Å². The van der Waals surface area contributed by atoms with Gasteiger partial charge in [0.25, 0.3) is 0 Å². The molecule has 3 aliphatic rings. The van der Waals surface area contributed by atoms with Crippen LogP contribution in [0.2, 0.25) is 0 Å². The van der Waals surface area contributed by atoms with Gasteiger partial charge in [-0.25, -0.2) is 4.79 Å². The van der Waals surface area contributed by atoms with Gasteiger partial charge in [0, 0.05) is 39.2 Å². The topological polar surface area (TPSA) is 185 Å². The molecule has 48 heavy (non-hydrogen) atoms. The van der Waals surface area contributed by atoms with Gasteiger partial charge in [-0.05, 0) is 19.3 Å². The highest BCUT2D eigenvalue weighted by atomic mass is 16.8. The number of rotatable bonds is 13. The van der Waals surface area contributed by atoms with Crippen molar-refractivity contribution in [3.8, 4) is 0 Å². The van der Waals surface area contributed by atoms with E-state index in [1.54, 1.807) is 13.0 Å². The Morgan fingerprint density at radius 3 is 2.04 bits per heavy atom. The second kappa shape index (κ2) is 18.5. The quantitative estimate of drug-likeness (QED) is 0.157. The summed E-state index contributed by atoms with van der Waals surface area (Å²) in [5, 5.41) is 0. The molecule has 15 nitrogen and oxygen atoms in total. The van der Waals surface area contributed by atoms with Crippen molar-refractivity contribution in [1.29, 1.82) is 0 Å². The van der Waals surface area contributed by atoms with Gasteiger partial charge in [-0.1, -0.05) is 38.2 Å². The van der Waals surface area contributed by atoms with Gasteiger partial charge in [-0.3, -0.25) is 24.0 Å². The molecule has 2 aliphatic heterocycles. The summed E-state index contributed by atoms with van der Waals surface area (Å²) in [7, 11) is 1.19. The Labute approximate surface area is 279 Å². The summed E-state index contributed by atoms with van der Waals surface area (Å²) in [6.07, 6.45) is 0.446. The first-order chi connectivity index (χ1) is 22.8. The minimum Gasteiger partial charge on any atom is -0.468 e. The van der Waals surface area contributed by atoms with Crippen LogP contribution < -0.4 is 0 Å². The Bertz CT molecular complexity index is 1230. The lowest BCUT2D eigenvalue weighted by Gasteiger charge is -2.45. The van der Waals surface area contributed by atoms with Crippen molar-refractivity contribution in [3.63, 3.8) is 0 Å². The molecular weight excluding hydrogens is 636 g/mol. The average molecular weight is 683 g/mol. The van der Waals surface area contributed by atoms with E-state index >= 15 is 0 Å². The molecule has 0 spiro atoms. The first kappa shape index (κ1) is 38.5. The highest BCUT2D eigenvalue weighted by Crippen LogP contribution is 2.38. The fraction of sp³-hybridized carbons (Fsp3) is 0.697. The molecule has 1 aliphatic carbocycles. The van der Waals surface area contributed by atoms with Crippen molar-refractivity contribution in [2.24, 2.45) is 11.8 Å². The number of ether oxygens (including phenoxy) is 9. The van der Waals surface area contributed by atoms with E-state index in [1.807, 2.05) is 0 Å². The van der Waals surface area contributed by atoms with Crippen molar-refractivity contribution >= 4 is 35.8 Å². The molecule has 3 rings (SSSR count). The molecule has 0 aromatic rings. The molecule has 15 heteroatoms. The Morgan fingerprint density at radius 1 is 0.833 bits per heavy atom. The van der Waals surface area contributed by atoms with Gasteiger partial charge in [0.2, 0.25) is 12.6 Å². The van der Waals surface area contributed by atoms with Crippen molar-refractivity contribution in [1.82, 2.24) is 0 Å². The SMILES string of the molecule is C/C=C1/[C@H](O[C@@H]2O[C@H](COC(C)=O)[C@@H](OC(C)=O)[C@H](OC(C)=O)[C@H]2OC(C)=O)OC=C(C(=O)OC)[C@H]1CC(=O)OCCC1CCCCC1. The number of hydrogen-bond acceptors (Lipinski definition) is 15. The normalized spacial score (nSPS) is 28.2. The van der Waals surface area contributed by atoms with E-state index < -0.39 is 85.3 Å². The maximum atomic E-state index is 13.1. The smallest absolute Gasteiger partial charge is 0.337 e. The van der Waals surface area contributed by atoms with Gasteiger partial charge in [0.05, 0.1) is 32.0 Å². The summed E-state index contributed by atoms with van der Waals surface area (Å²) in [4.78, 5) is 73.9. The standard InChI is InChI=1S/C33H46O15/c1-7-23-24(15-27(38)41-14-13-22-11-9-8-10-12-22)25(31(39)40-6)16-43-32(23)48-33-30(46-21(5)37)29(45-20(4)36)28(44-19(3)35)26(47-33)17-42-18(2)34/h7,16,22,24,26,28-30,32-33H,8-15,17H2,1-6H3/b23-7+/t24-,26+,28+,29-,30+,32-,33-/m0/s1. The molecular formula is C33H46O15. The van der Waals surface area contributed by atoms with Crippen LogP contribution in [-0.4, -0.2) is 93.1 Å². The third-order valence-corrected chi connectivity index (χ3v) is 8.21. The number of carbonyl (C=O) groups is 6. The maximum absolute atomic E-state index is 13.1. The number of hydrogen-bond donors (Lipinski definition) is 0. The highest BCUT2D eigenvalue weighted by molar-refractivity contribution is 5.90. The van der Waals surface area contributed by atoms with Crippen molar-refractivity contribution in [2.45, 2.75) is 117 Å². The van der Waals surface area contributed by atoms with Gasteiger partial charge in [-0.15, -0.1) is 0 Å². The summed E-state index contributed by atoms with van der Waals surface area (Å²) in [5.74, 6) is -4.75. The Hall–Kier alpha value is -3.98. The van der Waals surface area contributed by atoms with Crippen LogP contribution in [0.1, 0.15) is 79.6 Å². The van der Waals surface area contributed by atoms with Crippen LogP contribution in [0.25, 0.3) is 0 Å². The Balaban J connectivity index is 1.90. The van der Waals surface area contributed by atoms with E-state index in [2.05, 4.69) is 0 Å². The van der Waals surface area contributed by atoms with Gasteiger partial charge < -0.3 is 42.6 Å². The zero-order valence-corrected chi connectivity index (χ0v) is 28.3. The summed E-state index contributed by atoms with van der Waals surface area (Å²) < 4.78 is 49.9. The minimum absolute atomic E-state index is 0.0382. The number of allylic oxidation sites excluding steroid dienone is 1. The van der Waals surface area contributed by atoms with Crippen LogP contribution in [0.5, 0.6) is 0 Å². The molecule has 268 valence electrons. The third-order valence-electron chi connectivity index (χ3n) is 8.21. The maximum Gasteiger partial charge on any atom is 0.337 e. The summed E-state index contributed by atoms with van der Waals surface area (Å²) >= 11 is 0. The number of carbonyl (C=O) groups excluding carboxylic acids is 6. The summed E-state index contributed by atoms with van der Waals surface area (Å²) in [6, 6.07) is 0. The van der Waals surface area contributed by atoms with Crippen LogP contribution in [0, 0.1) is 11.8 Å². The van der Waals surface area contributed by atoms with Gasteiger partial charge in [-0.2, -0.15) is 0 Å². The van der Waals surface area contributed by atoms with Crippen LogP contribution in [0.3, 0.4) is 0 Å². The molecule has 0 N–H and O–H groups in total. The lowest BCUT2D eigenvalue weighted by molar-refractivity contribution is -0.331. The molecule has 0 bridgehead atoms. The van der Waals surface area contributed by atoms with Crippen LogP contribution in [-0.2, 0) is 71.4 Å². The summed E-state index contributed by atoms with van der Waals surface area (Å²) in [5.41, 5.74) is 0.353. The molecule has 7 atom stereocenters. The van der Waals surface area contributed by atoms with Crippen molar-refractivity contribution in [3.05, 3.63) is 23.5 Å². The van der Waals surface area contributed by atoms with Crippen molar-refractivity contribution in [2.75, 3.05) is 20.3 Å². The van der Waals surface area contributed by atoms with Gasteiger partial charge in [0.1, 0.15) is 12.7 Å². The zero-order valence-electron chi connectivity index (χ0n) is 28.3. The minimum atomic E-state index is -1.57. The molecule has 1 saturated carbocycles. The molecule has 2 fully saturated rings. The Morgan fingerprint density at radius 2 is 1.46 bits per heavy atom. The molecule has 2 heterocycles. The molecule has 0 radical (unpaired) electrons. The molecule has 0 amide bonds. The van der Waals surface area contributed by atoms with Gasteiger partial charge in [0.15, 0.2) is 18.3 Å². The first-order valence-corrected chi connectivity index (χ1v) is 16.1. The largest absolute Gasteiger partial charge is 0.468 e. The Kier molecular flexibility index (Phi) is 14.9. The molecule has 0 unspecified atom stereocenters. The van der Waals surface area contributed by atoms with E-state index in [-0.39, 0.29) is 18.6 Å². The van der Waals surface area contributed by atoms with E-state index in [1.165, 1.54) is 26.4 Å². The molecule has 1 saturated heterocycles. The number of esters is 6. The molecule has 0 aromatic carbocycles. The van der Waals surface area contributed by atoms with Crippen LogP contribution in [0.15, 0.2) is 23.5 Å². The lowest BCUT2D eigenvalue weighted by Crippen LogP contribution is -2.63. The highest BCUT2D eigenvalue weighted by Gasteiger charge is 2.54. The zero-order chi connectivity index (χ0) is 35.4. The predicted octanol–water partition coefficient (Wildman–Crippen LogP) is 2.97. The summed E-state index contributed by atoms with van der Waals surface area (Å²) in [6.45, 7) is 5.90. The van der Waals surface area contributed by atoms with Crippen LogP contribution in [0.4, 0.5) is 0 Å². The van der Waals surface area contributed by atoms with E-state index in [9.17, 15) is 28.8 Å². The number of methoxy groups -OCH3 is 1. The first-order valence-electron chi connectivity index (χ1n) is 16.1. The third kappa shape index (κ3) is 11.0. The fourth-order valence-corrected chi connectivity index (χ4v) is 6.08. The predicted molar refractivity (Wildman–Crippen MR) is 162 cm³/mol. The second-order valence-electron chi connectivity index (χ2n) is 11.8. The monoisotopic (exact) mass is 682 g/mol. The average Bonchev–Trinajstić information content (AvgIpc) is 3.02. The van der Waals surface area contributed by atoms with E-state index in [4.69, 9.17) is 42.6 Å². The van der Waals surface area contributed by atoms with E-state index in [0.717, 1.165) is 53.2 Å². The van der Waals surface area contributed by atoms with Crippen LogP contribution >= 0.6 is 0 Å². The molecule has 0 aromatic heterocycles. The van der Waals surface area contributed by atoms with E-state index in [0.29, 0.717) is 11.5 Å².